The smallest absolute Gasteiger partial charge is 0.254 e. The van der Waals surface area contributed by atoms with Crippen molar-refractivity contribution in [3.8, 4) is 0 Å². The van der Waals surface area contributed by atoms with Gasteiger partial charge in [0.1, 0.15) is 0 Å². The van der Waals surface area contributed by atoms with E-state index in [1.807, 2.05) is 0 Å². The number of rotatable bonds is 3. The Bertz CT molecular complexity index is 816. The van der Waals surface area contributed by atoms with Crippen molar-refractivity contribution in [1.29, 1.82) is 0 Å². The van der Waals surface area contributed by atoms with E-state index in [0.717, 1.165) is 12.8 Å². The van der Waals surface area contributed by atoms with Gasteiger partial charge in [-0.25, -0.2) is 8.42 Å². The van der Waals surface area contributed by atoms with Gasteiger partial charge in [0, 0.05) is 51.8 Å². The van der Waals surface area contributed by atoms with Gasteiger partial charge in [0.05, 0.1) is 4.90 Å². The Morgan fingerprint density at radius 1 is 1.04 bits per heavy atom. The number of nitrogens with zero attached hydrogens (tertiary/aromatic N) is 3. The van der Waals surface area contributed by atoms with Gasteiger partial charge in [-0.2, -0.15) is 4.31 Å². The van der Waals surface area contributed by atoms with Gasteiger partial charge >= 0.3 is 0 Å². The maximum absolute atomic E-state index is 13.0. The summed E-state index contributed by atoms with van der Waals surface area (Å²) in [7, 11) is -3.59. The molecule has 0 aliphatic carbocycles. The molecular formula is C19H27N3O4S. The van der Waals surface area contributed by atoms with Crippen molar-refractivity contribution in [2.24, 2.45) is 5.92 Å². The summed E-state index contributed by atoms with van der Waals surface area (Å²) in [5, 5.41) is 0. The fraction of sp³-hybridized carbons (Fsp3) is 0.579. The van der Waals surface area contributed by atoms with E-state index in [1.54, 1.807) is 28.0 Å². The first-order valence-electron chi connectivity index (χ1n) is 9.44. The zero-order valence-electron chi connectivity index (χ0n) is 15.9. The second-order valence-electron chi connectivity index (χ2n) is 7.44. The molecule has 0 aromatic heterocycles. The van der Waals surface area contributed by atoms with Crippen LogP contribution in [0, 0.1) is 5.92 Å². The molecule has 0 bridgehead atoms. The third kappa shape index (κ3) is 4.32. The minimum Gasteiger partial charge on any atom is -0.339 e. The fourth-order valence-corrected chi connectivity index (χ4v) is 5.36. The summed E-state index contributed by atoms with van der Waals surface area (Å²) in [5.74, 6) is 0.157. The van der Waals surface area contributed by atoms with Crippen LogP contribution in [0.3, 0.4) is 0 Å². The van der Waals surface area contributed by atoms with Gasteiger partial charge < -0.3 is 9.80 Å². The standard InChI is InChI=1S/C19H27N3O4S/c1-15-5-4-8-22(14-15)27(25,26)18-7-3-6-17(13-18)19(24)21-11-9-20(10-12-21)16(2)23/h3,6-7,13,15H,4-5,8-12,14H2,1-2H3. The van der Waals surface area contributed by atoms with Crippen molar-refractivity contribution in [2.45, 2.75) is 31.6 Å². The summed E-state index contributed by atoms with van der Waals surface area (Å²) < 4.78 is 27.4. The molecule has 1 aromatic carbocycles. The summed E-state index contributed by atoms with van der Waals surface area (Å²) in [4.78, 5) is 27.8. The molecule has 2 aliphatic rings. The van der Waals surface area contributed by atoms with Gasteiger partial charge in [0.2, 0.25) is 15.9 Å². The highest BCUT2D eigenvalue weighted by Crippen LogP contribution is 2.24. The van der Waals surface area contributed by atoms with Crippen molar-refractivity contribution >= 4 is 21.8 Å². The summed E-state index contributed by atoms with van der Waals surface area (Å²) in [5.41, 5.74) is 0.373. The average Bonchev–Trinajstić information content (AvgIpc) is 2.67. The molecule has 0 spiro atoms. The minimum absolute atomic E-state index is 0.00551. The molecule has 0 radical (unpaired) electrons. The first kappa shape index (κ1) is 19.8. The number of sulfonamides is 1. The minimum atomic E-state index is -3.59. The number of amides is 2. The molecule has 7 nitrogen and oxygen atoms in total. The van der Waals surface area contributed by atoms with E-state index in [2.05, 4.69) is 6.92 Å². The van der Waals surface area contributed by atoms with E-state index in [9.17, 15) is 18.0 Å². The average molecular weight is 394 g/mol. The molecule has 1 aromatic rings. The van der Waals surface area contributed by atoms with Crippen molar-refractivity contribution in [1.82, 2.24) is 14.1 Å². The summed E-state index contributed by atoms with van der Waals surface area (Å²) in [6.45, 7) is 6.55. The molecule has 3 rings (SSSR count). The van der Waals surface area contributed by atoms with E-state index in [0.29, 0.717) is 50.7 Å². The third-order valence-corrected chi connectivity index (χ3v) is 7.21. The fourth-order valence-electron chi connectivity index (χ4n) is 3.71. The molecule has 2 saturated heterocycles. The molecule has 27 heavy (non-hydrogen) atoms. The van der Waals surface area contributed by atoms with Crippen LogP contribution in [-0.2, 0) is 14.8 Å². The lowest BCUT2D eigenvalue weighted by atomic mass is 10.0. The lowest BCUT2D eigenvalue weighted by molar-refractivity contribution is -0.130. The highest BCUT2D eigenvalue weighted by Gasteiger charge is 2.30. The predicted molar refractivity (Wildman–Crippen MR) is 102 cm³/mol. The van der Waals surface area contributed by atoms with Crippen molar-refractivity contribution in [3.63, 3.8) is 0 Å². The largest absolute Gasteiger partial charge is 0.339 e. The zero-order valence-corrected chi connectivity index (χ0v) is 16.7. The zero-order chi connectivity index (χ0) is 19.6. The molecule has 148 valence electrons. The quantitative estimate of drug-likeness (QED) is 0.778. The van der Waals surface area contributed by atoms with Crippen molar-refractivity contribution < 1.29 is 18.0 Å². The summed E-state index contributed by atoms with van der Waals surface area (Å²) in [6, 6.07) is 6.31. The Labute approximate surface area is 161 Å². The van der Waals surface area contributed by atoms with Crippen molar-refractivity contribution in [2.75, 3.05) is 39.3 Å². The van der Waals surface area contributed by atoms with Crippen LogP contribution in [0.4, 0.5) is 0 Å². The van der Waals surface area contributed by atoms with E-state index in [-0.39, 0.29) is 16.7 Å². The van der Waals surface area contributed by atoms with Crippen LogP contribution in [0.2, 0.25) is 0 Å². The van der Waals surface area contributed by atoms with Crippen LogP contribution >= 0.6 is 0 Å². The number of benzene rings is 1. The van der Waals surface area contributed by atoms with Crippen LogP contribution in [0.15, 0.2) is 29.2 Å². The molecule has 1 atom stereocenters. The van der Waals surface area contributed by atoms with Crippen LogP contribution in [-0.4, -0.2) is 73.6 Å². The second kappa shape index (κ2) is 7.98. The predicted octanol–water partition coefficient (Wildman–Crippen LogP) is 1.41. The molecule has 8 heteroatoms. The number of carbonyl (C=O) groups excluding carboxylic acids is 2. The molecule has 1 unspecified atom stereocenters. The molecule has 2 fully saturated rings. The normalized spacial score (nSPS) is 21.9. The van der Waals surface area contributed by atoms with Gasteiger partial charge in [0.25, 0.3) is 5.91 Å². The van der Waals surface area contributed by atoms with Gasteiger partial charge in [-0.3, -0.25) is 9.59 Å². The highest BCUT2D eigenvalue weighted by atomic mass is 32.2. The van der Waals surface area contributed by atoms with E-state index < -0.39 is 10.0 Å². The van der Waals surface area contributed by atoms with Crippen LogP contribution in [0.1, 0.15) is 37.0 Å². The Morgan fingerprint density at radius 3 is 2.33 bits per heavy atom. The van der Waals surface area contributed by atoms with E-state index >= 15 is 0 Å². The molecule has 2 amide bonds. The lowest BCUT2D eigenvalue weighted by Gasteiger charge is -2.34. The maximum Gasteiger partial charge on any atom is 0.254 e. The number of piperidine rings is 1. The van der Waals surface area contributed by atoms with Crippen LogP contribution in [0.5, 0.6) is 0 Å². The second-order valence-corrected chi connectivity index (χ2v) is 9.37. The monoisotopic (exact) mass is 393 g/mol. The SMILES string of the molecule is CC(=O)N1CCN(C(=O)c2cccc(S(=O)(=O)N3CCCC(C)C3)c2)CC1. The number of piperazine rings is 1. The molecule has 2 heterocycles. The third-order valence-electron chi connectivity index (χ3n) is 5.35. The summed E-state index contributed by atoms with van der Waals surface area (Å²) in [6.07, 6.45) is 1.90. The van der Waals surface area contributed by atoms with E-state index in [4.69, 9.17) is 0 Å². The Kier molecular flexibility index (Phi) is 5.86. The summed E-state index contributed by atoms with van der Waals surface area (Å²) >= 11 is 0. The first-order valence-corrected chi connectivity index (χ1v) is 10.9. The number of hydrogen-bond donors (Lipinski definition) is 0. The Hall–Kier alpha value is -1.93. The molecule has 0 N–H and O–H groups in total. The lowest BCUT2D eigenvalue weighted by Crippen LogP contribution is -2.50. The highest BCUT2D eigenvalue weighted by molar-refractivity contribution is 7.89. The number of hydrogen-bond acceptors (Lipinski definition) is 4. The topological polar surface area (TPSA) is 78.0 Å². The number of carbonyl (C=O) groups is 2. The molecular weight excluding hydrogens is 366 g/mol. The van der Waals surface area contributed by atoms with Gasteiger partial charge in [-0.1, -0.05) is 13.0 Å². The molecule has 2 aliphatic heterocycles. The van der Waals surface area contributed by atoms with Crippen LogP contribution in [0.25, 0.3) is 0 Å². The van der Waals surface area contributed by atoms with Crippen LogP contribution < -0.4 is 0 Å². The van der Waals surface area contributed by atoms with E-state index in [1.165, 1.54) is 17.3 Å². The Morgan fingerprint density at radius 2 is 1.70 bits per heavy atom. The Balaban J connectivity index is 1.75. The van der Waals surface area contributed by atoms with Gasteiger partial charge in [-0.05, 0) is 37.0 Å². The van der Waals surface area contributed by atoms with Crippen molar-refractivity contribution in [3.05, 3.63) is 29.8 Å². The van der Waals surface area contributed by atoms with Gasteiger partial charge in [-0.15, -0.1) is 0 Å². The molecule has 0 saturated carbocycles. The maximum atomic E-state index is 13.0. The first-order chi connectivity index (χ1) is 12.8. The van der Waals surface area contributed by atoms with Gasteiger partial charge in [0.15, 0.2) is 0 Å².